The average Bonchev–Trinajstić information content (AvgIpc) is 2.97. The monoisotopic (exact) mass is 213 g/mol. The zero-order valence-corrected chi connectivity index (χ0v) is 9.25. The summed E-state index contributed by atoms with van der Waals surface area (Å²) in [5.41, 5.74) is 2.34. The van der Waals surface area contributed by atoms with E-state index in [1.54, 1.807) is 0 Å². The normalized spacial score (nSPS) is 29.4. The van der Waals surface area contributed by atoms with E-state index in [1.165, 1.54) is 11.4 Å². The van der Waals surface area contributed by atoms with Crippen LogP contribution in [-0.2, 0) is 0 Å². The number of aromatic amines is 1. The van der Waals surface area contributed by atoms with Gasteiger partial charge >= 0.3 is 0 Å². The van der Waals surface area contributed by atoms with Crippen molar-refractivity contribution in [2.45, 2.75) is 13.0 Å². The summed E-state index contributed by atoms with van der Waals surface area (Å²) in [6.07, 6.45) is 8.53. The van der Waals surface area contributed by atoms with Crippen LogP contribution in [0.4, 0.5) is 0 Å². The van der Waals surface area contributed by atoms with Gasteiger partial charge in [0.15, 0.2) is 0 Å². The van der Waals surface area contributed by atoms with Crippen molar-refractivity contribution in [2.75, 3.05) is 6.54 Å². The minimum absolute atomic E-state index is 0.430. The van der Waals surface area contributed by atoms with E-state index in [0.29, 0.717) is 6.04 Å². The van der Waals surface area contributed by atoms with Gasteiger partial charge in [-0.1, -0.05) is 12.2 Å². The predicted octanol–water partition coefficient (Wildman–Crippen LogP) is -0.0616. The first kappa shape index (κ1) is 9.33. The maximum absolute atomic E-state index is 3.42. The first-order valence-electron chi connectivity index (χ1n) is 5.62. The molecule has 0 spiro atoms. The van der Waals surface area contributed by atoms with E-state index < -0.39 is 0 Å². The Hall–Kier alpha value is -1.90. The number of aromatic nitrogens is 1. The summed E-state index contributed by atoms with van der Waals surface area (Å²) in [5.74, 6) is 0. The fourth-order valence-corrected chi connectivity index (χ4v) is 2.05. The summed E-state index contributed by atoms with van der Waals surface area (Å²) in [7, 11) is 0. The summed E-state index contributed by atoms with van der Waals surface area (Å²) in [6.45, 7) is 3.07. The quantitative estimate of drug-likeness (QED) is 0.565. The zero-order valence-electron chi connectivity index (χ0n) is 9.25. The summed E-state index contributed by atoms with van der Waals surface area (Å²) in [4.78, 5) is 3.42. The molecule has 0 radical (unpaired) electrons. The zero-order chi connectivity index (χ0) is 11.0. The molecule has 3 N–H and O–H groups in total. The molecule has 82 valence electrons. The highest BCUT2D eigenvalue weighted by Crippen LogP contribution is 2.03. The summed E-state index contributed by atoms with van der Waals surface area (Å²) < 4.78 is 0. The predicted molar refractivity (Wildman–Crippen MR) is 65.7 cm³/mol. The molecule has 0 aliphatic carbocycles. The van der Waals surface area contributed by atoms with Gasteiger partial charge in [0.2, 0.25) is 0 Å². The fourth-order valence-electron chi connectivity index (χ4n) is 2.05. The van der Waals surface area contributed by atoms with Gasteiger partial charge in [-0.3, -0.25) is 0 Å². The van der Waals surface area contributed by atoms with E-state index in [9.17, 15) is 0 Å². The van der Waals surface area contributed by atoms with Crippen LogP contribution in [-0.4, -0.2) is 17.6 Å². The average molecular weight is 213 g/mol. The SMILES string of the molecule is CC1C=C/C(=c2/cc/c(=C3/C=CCN3)[nH]2)N1. The maximum atomic E-state index is 3.42. The molecule has 1 aromatic heterocycles. The molecular formula is C13H15N3. The lowest BCUT2D eigenvalue weighted by Gasteiger charge is -2.01. The first-order valence-corrected chi connectivity index (χ1v) is 5.62. The van der Waals surface area contributed by atoms with Crippen molar-refractivity contribution >= 4 is 11.4 Å². The Bertz CT molecular complexity index is 575. The second-order valence-electron chi connectivity index (χ2n) is 4.19. The van der Waals surface area contributed by atoms with Gasteiger partial charge in [0.1, 0.15) is 0 Å². The second kappa shape index (κ2) is 3.59. The van der Waals surface area contributed by atoms with Crippen molar-refractivity contribution in [1.29, 1.82) is 0 Å². The van der Waals surface area contributed by atoms with Crippen LogP contribution in [0.1, 0.15) is 6.92 Å². The van der Waals surface area contributed by atoms with Gasteiger partial charge in [-0.15, -0.1) is 0 Å². The van der Waals surface area contributed by atoms with E-state index in [0.717, 1.165) is 17.2 Å². The number of hydrogen-bond donors (Lipinski definition) is 3. The van der Waals surface area contributed by atoms with Gasteiger partial charge in [0.25, 0.3) is 0 Å². The topological polar surface area (TPSA) is 39.9 Å². The lowest BCUT2D eigenvalue weighted by atomic mass is 10.4. The molecule has 2 aliphatic rings. The molecular weight excluding hydrogens is 198 g/mol. The Kier molecular flexibility index (Phi) is 2.10. The largest absolute Gasteiger partial charge is 0.380 e. The van der Waals surface area contributed by atoms with E-state index in [1.807, 2.05) is 0 Å². The molecule has 1 unspecified atom stereocenters. The standard InChI is InChI=1S/C13H15N3/c1-9-4-5-12(15-9)13-7-6-11(16-13)10-3-2-8-14-10/h2-7,9,14-16H,8H2,1H3/b11-10+,13-12+. The van der Waals surface area contributed by atoms with Crippen molar-refractivity contribution in [3.8, 4) is 0 Å². The second-order valence-corrected chi connectivity index (χ2v) is 4.19. The van der Waals surface area contributed by atoms with Gasteiger partial charge in [0, 0.05) is 12.6 Å². The van der Waals surface area contributed by atoms with Crippen LogP contribution >= 0.6 is 0 Å². The summed E-state index contributed by atoms with van der Waals surface area (Å²) in [6, 6.07) is 4.65. The van der Waals surface area contributed by atoms with Crippen LogP contribution in [0.3, 0.4) is 0 Å². The van der Waals surface area contributed by atoms with Crippen LogP contribution < -0.4 is 21.3 Å². The molecule has 0 aromatic carbocycles. The molecule has 1 aromatic rings. The van der Waals surface area contributed by atoms with Gasteiger partial charge in [-0.25, -0.2) is 0 Å². The Labute approximate surface area is 94.3 Å². The van der Waals surface area contributed by atoms with Crippen LogP contribution in [0.15, 0.2) is 36.4 Å². The van der Waals surface area contributed by atoms with E-state index >= 15 is 0 Å². The number of rotatable bonds is 0. The molecule has 16 heavy (non-hydrogen) atoms. The molecule has 0 bridgehead atoms. The van der Waals surface area contributed by atoms with Crippen molar-refractivity contribution in [3.05, 3.63) is 47.1 Å². The van der Waals surface area contributed by atoms with Crippen molar-refractivity contribution < 1.29 is 0 Å². The minimum atomic E-state index is 0.430. The molecule has 3 nitrogen and oxygen atoms in total. The van der Waals surface area contributed by atoms with Crippen LogP contribution in [0.2, 0.25) is 0 Å². The Morgan fingerprint density at radius 3 is 2.56 bits per heavy atom. The molecule has 3 rings (SSSR count). The third kappa shape index (κ3) is 1.54. The van der Waals surface area contributed by atoms with Crippen molar-refractivity contribution in [3.63, 3.8) is 0 Å². The maximum Gasteiger partial charge on any atom is 0.0621 e. The van der Waals surface area contributed by atoms with E-state index in [-0.39, 0.29) is 0 Å². The van der Waals surface area contributed by atoms with Crippen LogP contribution in [0.5, 0.6) is 0 Å². The lowest BCUT2D eigenvalue weighted by molar-refractivity contribution is 0.812. The molecule has 3 heterocycles. The van der Waals surface area contributed by atoms with Crippen LogP contribution in [0.25, 0.3) is 11.4 Å². The Balaban J connectivity index is 2.10. The smallest absolute Gasteiger partial charge is 0.0621 e. The van der Waals surface area contributed by atoms with Gasteiger partial charge in [0.05, 0.1) is 22.1 Å². The molecule has 2 aliphatic heterocycles. The molecule has 1 atom stereocenters. The number of hydrogen-bond acceptors (Lipinski definition) is 2. The van der Waals surface area contributed by atoms with Crippen LogP contribution in [0, 0.1) is 0 Å². The van der Waals surface area contributed by atoms with Crippen molar-refractivity contribution in [2.24, 2.45) is 0 Å². The summed E-state index contributed by atoms with van der Waals surface area (Å²) in [5, 5.41) is 9.00. The highest BCUT2D eigenvalue weighted by molar-refractivity contribution is 5.59. The Morgan fingerprint density at radius 1 is 1.12 bits per heavy atom. The molecule has 0 saturated carbocycles. The summed E-state index contributed by atoms with van der Waals surface area (Å²) >= 11 is 0. The first-order chi connectivity index (χ1) is 7.83. The highest BCUT2D eigenvalue weighted by Gasteiger charge is 2.07. The Morgan fingerprint density at radius 2 is 1.94 bits per heavy atom. The van der Waals surface area contributed by atoms with Gasteiger partial charge < -0.3 is 15.6 Å². The van der Waals surface area contributed by atoms with Crippen molar-refractivity contribution in [1.82, 2.24) is 15.6 Å². The molecule has 3 heteroatoms. The fraction of sp³-hybridized carbons (Fsp3) is 0.231. The van der Waals surface area contributed by atoms with E-state index in [4.69, 9.17) is 0 Å². The molecule has 0 amide bonds. The third-order valence-corrected chi connectivity index (χ3v) is 2.90. The third-order valence-electron chi connectivity index (χ3n) is 2.90. The van der Waals surface area contributed by atoms with Gasteiger partial charge in [-0.2, -0.15) is 0 Å². The molecule has 0 fully saturated rings. The highest BCUT2D eigenvalue weighted by atomic mass is 14.9. The number of H-pyrrole nitrogens is 1. The van der Waals surface area contributed by atoms with Gasteiger partial charge in [-0.05, 0) is 31.2 Å². The minimum Gasteiger partial charge on any atom is -0.380 e. The van der Waals surface area contributed by atoms with E-state index in [2.05, 4.69) is 59.0 Å². The molecule has 0 saturated heterocycles. The number of nitrogens with one attached hydrogen (secondary N) is 3. The lowest BCUT2D eigenvalue weighted by Crippen LogP contribution is -2.24.